The molecule has 0 fully saturated rings. The van der Waals surface area contributed by atoms with Crippen molar-refractivity contribution in [2.45, 2.75) is 24.8 Å². The molecule has 0 unspecified atom stereocenters. The third-order valence-corrected chi connectivity index (χ3v) is 3.70. The maximum atomic E-state index is 11.4. The van der Waals surface area contributed by atoms with Crippen LogP contribution in [0, 0.1) is 6.92 Å². The number of aromatic nitrogens is 3. The van der Waals surface area contributed by atoms with Gasteiger partial charge in [0.1, 0.15) is 5.82 Å². The van der Waals surface area contributed by atoms with E-state index in [0.717, 1.165) is 18.1 Å². The Bertz CT molecular complexity index is 659. The monoisotopic (exact) mass is 310 g/mol. The van der Waals surface area contributed by atoms with Gasteiger partial charge in [0.25, 0.3) is 5.56 Å². The van der Waals surface area contributed by atoms with Crippen LogP contribution in [0.15, 0.2) is 28.2 Å². The van der Waals surface area contributed by atoms with Gasteiger partial charge in [-0.05, 0) is 26.0 Å². The Kier molecular flexibility index (Phi) is 5.03. The highest BCUT2D eigenvalue weighted by atomic mass is 35.5. The minimum Gasteiger partial charge on any atom is -0.370 e. The molecule has 0 aliphatic rings. The van der Waals surface area contributed by atoms with Crippen LogP contribution in [0.2, 0.25) is 5.02 Å². The van der Waals surface area contributed by atoms with Gasteiger partial charge in [0.15, 0.2) is 5.16 Å². The Hall–Kier alpha value is -1.53. The molecule has 0 saturated heterocycles. The molecule has 2 N–H and O–H groups in total. The van der Waals surface area contributed by atoms with Crippen molar-refractivity contribution in [1.29, 1.82) is 0 Å². The molecule has 2 aromatic heterocycles. The maximum Gasteiger partial charge on any atom is 0.251 e. The van der Waals surface area contributed by atoms with Gasteiger partial charge in [-0.3, -0.25) is 4.79 Å². The van der Waals surface area contributed by atoms with Crippen molar-refractivity contribution in [2.24, 2.45) is 0 Å². The summed E-state index contributed by atoms with van der Waals surface area (Å²) >= 11 is 7.53. The molecular weight excluding hydrogens is 296 g/mol. The van der Waals surface area contributed by atoms with Crippen molar-refractivity contribution in [3.05, 3.63) is 45.0 Å². The van der Waals surface area contributed by atoms with E-state index in [4.69, 9.17) is 11.6 Å². The summed E-state index contributed by atoms with van der Waals surface area (Å²) in [7, 11) is 0. The lowest BCUT2D eigenvalue weighted by atomic mass is 10.3. The normalized spacial score (nSPS) is 10.6. The van der Waals surface area contributed by atoms with Crippen LogP contribution in [0.1, 0.15) is 18.3 Å². The second-order valence-corrected chi connectivity index (χ2v) is 5.51. The van der Waals surface area contributed by atoms with Gasteiger partial charge in [0.2, 0.25) is 0 Å². The molecule has 0 aliphatic carbocycles. The number of nitrogens with one attached hydrogen (secondary N) is 2. The van der Waals surface area contributed by atoms with Crippen molar-refractivity contribution >= 4 is 29.2 Å². The van der Waals surface area contributed by atoms with Crippen molar-refractivity contribution in [2.75, 3.05) is 11.9 Å². The van der Waals surface area contributed by atoms with Crippen molar-refractivity contribution < 1.29 is 0 Å². The first-order valence-electron chi connectivity index (χ1n) is 6.18. The fraction of sp³-hybridized carbons (Fsp3) is 0.308. The number of halogens is 1. The zero-order chi connectivity index (χ0) is 14.5. The molecular formula is C13H15ClN4OS. The van der Waals surface area contributed by atoms with Crippen LogP contribution in [0.3, 0.4) is 0 Å². The minimum absolute atomic E-state index is 0.152. The Balaban J connectivity index is 2.13. The molecule has 106 valence electrons. The second-order valence-electron chi connectivity index (χ2n) is 4.14. The standard InChI is InChI=1S/C13H15ClN4OS/c1-3-15-11-5-4-9(14)10(17-11)7-20-13-16-8(2)6-12(19)18-13/h4-6H,3,7H2,1-2H3,(H,15,17)(H,16,18,19). The summed E-state index contributed by atoms with van der Waals surface area (Å²) in [4.78, 5) is 22.8. The molecule has 0 aliphatic heterocycles. The summed E-state index contributed by atoms with van der Waals surface area (Å²) in [5.74, 6) is 1.34. The smallest absolute Gasteiger partial charge is 0.251 e. The summed E-state index contributed by atoms with van der Waals surface area (Å²) in [6.45, 7) is 4.59. The van der Waals surface area contributed by atoms with Gasteiger partial charge >= 0.3 is 0 Å². The topological polar surface area (TPSA) is 70.7 Å². The van der Waals surface area contributed by atoms with E-state index in [0.29, 0.717) is 21.6 Å². The lowest BCUT2D eigenvalue weighted by Gasteiger charge is -2.07. The molecule has 5 nitrogen and oxygen atoms in total. The fourth-order valence-electron chi connectivity index (χ4n) is 1.62. The molecule has 0 spiro atoms. The molecule has 0 aromatic carbocycles. The first-order valence-corrected chi connectivity index (χ1v) is 7.55. The molecule has 0 amide bonds. The van der Waals surface area contributed by atoms with E-state index in [-0.39, 0.29) is 5.56 Å². The van der Waals surface area contributed by atoms with Crippen molar-refractivity contribution in [1.82, 2.24) is 15.0 Å². The molecule has 0 bridgehead atoms. The Labute approximate surface area is 126 Å². The van der Waals surface area contributed by atoms with Gasteiger partial charge in [-0.15, -0.1) is 0 Å². The Morgan fingerprint density at radius 1 is 1.40 bits per heavy atom. The fourth-order valence-corrected chi connectivity index (χ4v) is 2.75. The van der Waals surface area contributed by atoms with Gasteiger partial charge < -0.3 is 10.3 Å². The molecule has 20 heavy (non-hydrogen) atoms. The third-order valence-electron chi connectivity index (χ3n) is 2.47. The van der Waals surface area contributed by atoms with Crippen LogP contribution in [0.4, 0.5) is 5.82 Å². The van der Waals surface area contributed by atoms with E-state index in [9.17, 15) is 4.79 Å². The van der Waals surface area contributed by atoms with Crippen LogP contribution >= 0.6 is 23.4 Å². The first kappa shape index (κ1) is 14.9. The van der Waals surface area contributed by atoms with Crippen molar-refractivity contribution in [3.8, 4) is 0 Å². The number of aryl methyl sites for hydroxylation is 1. The van der Waals surface area contributed by atoms with E-state index >= 15 is 0 Å². The number of pyridine rings is 1. The van der Waals surface area contributed by atoms with E-state index in [1.165, 1.54) is 17.8 Å². The number of H-pyrrole nitrogens is 1. The number of rotatable bonds is 5. The summed E-state index contributed by atoms with van der Waals surface area (Å²) in [6.07, 6.45) is 0. The molecule has 2 aromatic rings. The summed E-state index contributed by atoms with van der Waals surface area (Å²) in [6, 6.07) is 5.11. The third kappa shape index (κ3) is 3.98. The minimum atomic E-state index is -0.152. The Morgan fingerprint density at radius 3 is 2.90 bits per heavy atom. The molecule has 2 heterocycles. The predicted octanol–water partition coefficient (Wildman–Crippen LogP) is 2.85. The summed E-state index contributed by atoms with van der Waals surface area (Å²) < 4.78 is 0. The second kappa shape index (κ2) is 6.76. The molecule has 0 atom stereocenters. The van der Waals surface area contributed by atoms with Crippen molar-refractivity contribution in [3.63, 3.8) is 0 Å². The lowest BCUT2D eigenvalue weighted by Crippen LogP contribution is -2.08. The highest BCUT2D eigenvalue weighted by molar-refractivity contribution is 7.98. The largest absolute Gasteiger partial charge is 0.370 e. The summed E-state index contributed by atoms with van der Waals surface area (Å²) in [5, 5.41) is 4.32. The van der Waals surface area contributed by atoms with E-state index in [1.54, 1.807) is 6.92 Å². The van der Waals surface area contributed by atoms with Crippen LogP contribution in [-0.4, -0.2) is 21.5 Å². The molecule has 2 rings (SSSR count). The number of hydrogen-bond acceptors (Lipinski definition) is 5. The number of anilines is 1. The highest BCUT2D eigenvalue weighted by Gasteiger charge is 2.06. The number of nitrogens with zero attached hydrogens (tertiary/aromatic N) is 2. The van der Waals surface area contributed by atoms with Gasteiger partial charge in [0, 0.05) is 24.1 Å². The number of hydrogen-bond donors (Lipinski definition) is 2. The molecule has 7 heteroatoms. The van der Waals surface area contributed by atoms with Crippen LogP contribution in [0.25, 0.3) is 0 Å². The predicted molar refractivity (Wildman–Crippen MR) is 82.6 cm³/mol. The highest BCUT2D eigenvalue weighted by Crippen LogP contribution is 2.24. The van der Waals surface area contributed by atoms with Gasteiger partial charge in [-0.2, -0.15) is 0 Å². The average molecular weight is 311 g/mol. The SMILES string of the molecule is CCNc1ccc(Cl)c(CSc2nc(C)cc(=O)[nH]2)n1. The zero-order valence-corrected chi connectivity index (χ0v) is 12.8. The van der Waals surface area contributed by atoms with Crippen LogP contribution < -0.4 is 10.9 Å². The lowest BCUT2D eigenvalue weighted by molar-refractivity contribution is 0.904. The quantitative estimate of drug-likeness (QED) is 0.656. The maximum absolute atomic E-state index is 11.4. The van der Waals surface area contributed by atoms with E-state index in [1.807, 2.05) is 19.1 Å². The molecule has 0 radical (unpaired) electrons. The van der Waals surface area contributed by atoms with E-state index < -0.39 is 0 Å². The van der Waals surface area contributed by atoms with Gasteiger partial charge in [-0.1, -0.05) is 23.4 Å². The average Bonchev–Trinajstić information content (AvgIpc) is 2.38. The molecule has 0 saturated carbocycles. The summed E-state index contributed by atoms with van der Waals surface area (Å²) in [5.41, 5.74) is 1.30. The van der Waals surface area contributed by atoms with Gasteiger partial charge in [0.05, 0.1) is 10.7 Å². The van der Waals surface area contributed by atoms with Crippen LogP contribution in [-0.2, 0) is 5.75 Å². The number of aromatic amines is 1. The van der Waals surface area contributed by atoms with E-state index in [2.05, 4.69) is 20.3 Å². The van der Waals surface area contributed by atoms with Gasteiger partial charge in [-0.25, -0.2) is 9.97 Å². The number of thioether (sulfide) groups is 1. The Morgan fingerprint density at radius 2 is 2.20 bits per heavy atom. The zero-order valence-electron chi connectivity index (χ0n) is 11.2. The van der Waals surface area contributed by atoms with Crippen LogP contribution in [0.5, 0.6) is 0 Å². The first-order chi connectivity index (χ1) is 9.58.